The van der Waals surface area contributed by atoms with E-state index in [-0.39, 0.29) is 35.6 Å². The Bertz CT molecular complexity index is 109. The number of nitrogens with zero attached hydrogens (tertiary/aromatic N) is 1. The van der Waals surface area contributed by atoms with Gasteiger partial charge in [0.1, 0.15) is 0 Å². The molecule has 2 amide bonds. The maximum atomic E-state index is 9.92. The van der Waals surface area contributed by atoms with Gasteiger partial charge in [0, 0.05) is 6.04 Å². The third-order valence-corrected chi connectivity index (χ3v) is 0.431. The molecule has 0 heterocycles. The van der Waals surface area contributed by atoms with Crippen LogP contribution in [0, 0.1) is 10.1 Å². The van der Waals surface area contributed by atoms with Gasteiger partial charge in [0.25, 0.3) is 0 Å². The Morgan fingerprint density at radius 1 is 1.64 bits per heavy atom. The predicted octanol–water partition coefficient (Wildman–Crippen LogP) is -2.68. The second kappa shape index (κ2) is 12.4. The van der Waals surface area contributed by atoms with Crippen molar-refractivity contribution in [2.24, 2.45) is 11.1 Å². The summed E-state index contributed by atoms with van der Waals surface area (Å²) < 4.78 is 0. The molecule has 0 fully saturated rings. The fraction of sp³-hybridized carbons (Fsp3) is 0.750. The number of amides is 2. The largest absolute Gasteiger partial charge is 1.00 e. The molecule has 0 radical (unpaired) electrons. The van der Waals surface area contributed by atoms with E-state index in [9.17, 15) is 4.79 Å². The van der Waals surface area contributed by atoms with Crippen molar-refractivity contribution in [1.82, 2.24) is 5.32 Å². The van der Waals surface area contributed by atoms with E-state index in [2.05, 4.69) is 5.32 Å². The molecule has 3 N–H and O–H groups in total. The molecule has 0 bridgehead atoms. The molecule has 0 aromatic rings. The minimum Gasteiger partial charge on any atom is -0.444 e. The van der Waals surface area contributed by atoms with E-state index in [4.69, 9.17) is 15.8 Å². The molecule has 0 aliphatic carbocycles. The number of carbonyl (C=O) groups excluding carboxylic acids is 1. The molecule has 0 aromatic carbocycles. The molecule has 0 aliphatic heterocycles. The van der Waals surface area contributed by atoms with Gasteiger partial charge in [-0.05, 0) is 13.8 Å². The summed E-state index contributed by atoms with van der Waals surface area (Å²) in [6.45, 7) is 3.70. The first-order chi connectivity index (χ1) is 4.54. The number of nitrogens with two attached hydrogens (primary N) is 1. The topological polar surface area (TPSA) is 108 Å². The number of nitrogens with one attached hydrogen (secondary N) is 1. The zero-order valence-electron chi connectivity index (χ0n) is 6.83. The van der Waals surface area contributed by atoms with Crippen LogP contribution in [-0.4, -0.2) is 12.1 Å². The van der Waals surface area contributed by atoms with Gasteiger partial charge in [-0.2, -0.15) is 0 Å². The summed E-state index contributed by atoms with van der Waals surface area (Å²) in [6, 6.07) is -0.312. The first-order valence-electron chi connectivity index (χ1n) is 2.55. The maximum absolute atomic E-state index is 9.92. The molecule has 0 atom stereocenters. The number of hydrogen-bond acceptors (Lipinski definition) is 4. The van der Waals surface area contributed by atoms with Gasteiger partial charge in [-0.25, -0.2) is 4.79 Å². The van der Waals surface area contributed by atoms with E-state index in [1.165, 1.54) is 0 Å². The smallest absolute Gasteiger partial charge is 0.444 e. The molecule has 7 heteroatoms. The quantitative estimate of drug-likeness (QED) is 0.255. The number of carbonyl (C=O) groups is 1. The fourth-order valence-corrected chi connectivity index (χ4v) is 0.285. The average molecular weight is 171 g/mol. The van der Waals surface area contributed by atoms with Crippen molar-refractivity contribution < 1.29 is 34.4 Å². The van der Waals surface area contributed by atoms with Gasteiger partial charge >= 0.3 is 35.6 Å². The zero-order chi connectivity index (χ0) is 8.57. The molecule has 60 valence electrons. The van der Waals surface area contributed by atoms with Gasteiger partial charge in [0.15, 0.2) is 0 Å². The second-order valence-electron chi connectivity index (χ2n) is 1.74. The van der Waals surface area contributed by atoms with Gasteiger partial charge in [-0.15, -0.1) is 5.34 Å². The molecular weight excluding hydrogens is 161 g/mol. The van der Waals surface area contributed by atoms with Crippen molar-refractivity contribution in [2.75, 3.05) is 0 Å². The number of urea groups is 1. The minimum atomic E-state index is -0.463. The molecule has 11 heavy (non-hydrogen) atoms. The monoisotopic (exact) mass is 171 g/mol. The summed E-state index contributed by atoms with van der Waals surface area (Å²) in [5.41, 5.74) is 4.74. The van der Waals surface area contributed by atoms with E-state index in [0.717, 1.165) is 5.34 Å². The van der Waals surface area contributed by atoms with Gasteiger partial charge < -0.3 is 21.2 Å². The first kappa shape index (κ1) is 17.0. The first-order valence-corrected chi connectivity index (χ1v) is 2.55. The third-order valence-electron chi connectivity index (χ3n) is 0.431. The van der Waals surface area contributed by atoms with Crippen molar-refractivity contribution in [3.05, 3.63) is 10.1 Å². The van der Waals surface area contributed by atoms with Crippen LogP contribution in [0.1, 0.15) is 13.8 Å². The Balaban J connectivity index is -0.000000140. The van der Waals surface area contributed by atoms with Crippen molar-refractivity contribution in [3.63, 3.8) is 0 Å². The maximum Gasteiger partial charge on any atom is 1.00 e. The van der Waals surface area contributed by atoms with E-state index >= 15 is 0 Å². The van der Waals surface area contributed by atoms with Crippen LogP contribution in [0.5, 0.6) is 0 Å². The van der Waals surface area contributed by atoms with E-state index in [0.29, 0.717) is 0 Å². The van der Waals surface area contributed by atoms with Crippen molar-refractivity contribution in [1.29, 1.82) is 0 Å². The van der Waals surface area contributed by atoms with Gasteiger partial charge in [0.05, 0.1) is 0 Å². The predicted molar refractivity (Wildman–Crippen MR) is 37.0 cm³/mol. The second-order valence-corrected chi connectivity index (χ2v) is 1.74. The molecule has 0 rings (SSSR count). The van der Waals surface area contributed by atoms with Crippen molar-refractivity contribution in [3.8, 4) is 0 Å². The fourth-order valence-electron chi connectivity index (χ4n) is 0.285. The van der Waals surface area contributed by atoms with Crippen LogP contribution in [0.25, 0.3) is 0 Å². The molecular formula is C4H10N3NaO3. The summed E-state index contributed by atoms with van der Waals surface area (Å²) >= 11 is 0. The third kappa shape index (κ3) is 42.2. The van der Waals surface area contributed by atoms with Gasteiger partial charge in [-0.1, -0.05) is 0 Å². The normalized spacial score (nSPS) is 6.82. The van der Waals surface area contributed by atoms with Crippen molar-refractivity contribution in [2.45, 2.75) is 19.9 Å². The van der Waals surface area contributed by atoms with E-state index < -0.39 is 6.03 Å². The molecule has 0 aliphatic rings. The molecule has 0 unspecified atom stereocenters. The molecule has 0 spiro atoms. The Kier molecular flexibility index (Phi) is 19.1. The summed E-state index contributed by atoms with van der Waals surface area (Å²) in [4.78, 5) is 17.9. The van der Waals surface area contributed by atoms with Crippen LogP contribution < -0.4 is 40.6 Å². The SMILES string of the molecule is CC(C)NC(N)=O.O=N[O-].[Na+]. The Labute approximate surface area is 86.7 Å². The molecule has 0 aromatic heterocycles. The summed E-state index contributed by atoms with van der Waals surface area (Å²) in [7, 11) is 0. The molecule has 6 nitrogen and oxygen atoms in total. The number of hydrogen-bond donors (Lipinski definition) is 2. The van der Waals surface area contributed by atoms with Crippen LogP contribution >= 0.6 is 0 Å². The van der Waals surface area contributed by atoms with E-state index in [1.54, 1.807) is 0 Å². The average Bonchev–Trinajstić information content (AvgIpc) is 1.62. The van der Waals surface area contributed by atoms with Crippen molar-refractivity contribution >= 4 is 6.03 Å². The van der Waals surface area contributed by atoms with Crippen LogP contribution in [0.4, 0.5) is 4.79 Å². The molecule has 0 saturated carbocycles. The van der Waals surface area contributed by atoms with Crippen LogP contribution in [0.15, 0.2) is 5.34 Å². The van der Waals surface area contributed by atoms with Crippen LogP contribution in [-0.2, 0) is 0 Å². The van der Waals surface area contributed by atoms with Crippen LogP contribution in [0.2, 0.25) is 0 Å². The minimum absolute atomic E-state index is 0. The summed E-state index contributed by atoms with van der Waals surface area (Å²) in [5, 5.41) is 11.4. The standard InChI is InChI=1S/C4H10N2O.HNO2.Na/c1-3(2)6-4(5)7;2-1-3;/h3H,1-2H3,(H3,5,6,7);(H,2,3);/q;;+1/p-1. The number of rotatable bonds is 1. The van der Waals surface area contributed by atoms with Crippen LogP contribution in [0.3, 0.4) is 0 Å². The molecule has 0 saturated heterocycles. The zero-order valence-corrected chi connectivity index (χ0v) is 8.83. The number of primary amides is 1. The Morgan fingerprint density at radius 2 is 1.91 bits per heavy atom. The Hall–Kier alpha value is -0.330. The summed E-state index contributed by atoms with van der Waals surface area (Å²) in [6.07, 6.45) is 0. The van der Waals surface area contributed by atoms with Gasteiger partial charge in [-0.3, -0.25) is 0 Å². The summed E-state index contributed by atoms with van der Waals surface area (Å²) in [5.74, 6) is 0. The van der Waals surface area contributed by atoms with Gasteiger partial charge in [0.2, 0.25) is 0 Å². The Morgan fingerprint density at radius 3 is 1.91 bits per heavy atom. The van der Waals surface area contributed by atoms with E-state index in [1.807, 2.05) is 13.8 Å².